The van der Waals surface area contributed by atoms with E-state index in [1.807, 2.05) is 54.6 Å². The molecule has 0 unspecified atom stereocenters. The zero-order valence-electron chi connectivity index (χ0n) is 16.3. The van der Waals surface area contributed by atoms with Crippen molar-refractivity contribution in [3.05, 3.63) is 54.6 Å². The van der Waals surface area contributed by atoms with Crippen LogP contribution < -0.4 is 10.1 Å². The second-order valence-electron chi connectivity index (χ2n) is 6.59. The number of nitrogens with zero attached hydrogens (tertiary/aromatic N) is 3. The predicted octanol–water partition coefficient (Wildman–Crippen LogP) is 3.30. The highest BCUT2D eigenvalue weighted by Gasteiger charge is 2.19. The quantitative estimate of drug-likeness (QED) is 0.619. The van der Waals surface area contributed by atoms with Gasteiger partial charge in [-0.2, -0.15) is 0 Å². The number of amidine groups is 1. The average Bonchev–Trinajstić information content (AvgIpc) is 2.73. The number of rotatable bonds is 5. The van der Waals surface area contributed by atoms with Crippen LogP contribution >= 0.6 is 11.8 Å². The van der Waals surface area contributed by atoms with Crippen molar-refractivity contribution >= 4 is 34.2 Å². The molecule has 1 fully saturated rings. The van der Waals surface area contributed by atoms with Crippen LogP contribution in [0.2, 0.25) is 0 Å². The smallest absolute Gasteiger partial charge is 0.234 e. The monoisotopic (exact) mass is 398 g/mol. The third-order valence-corrected chi connectivity index (χ3v) is 5.48. The Morgan fingerprint density at radius 2 is 1.75 bits per heavy atom. The molecule has 0 bridgehead atoms. The molecule has 28 heavy (non-hydrogen) atoms. The number of likely N-dealkylation sites (N-methyl/N-ethyl adjacent to an activating group) is 1. The summed E-state index contributed by atoms with van der Waals surface area (Å²) in [7, 11) is 3.75. The fourth-order valence-corrected chi connectivity index (χ4v) is 3.67. The molecule has 0 saturated carbocycles. The van der Waals surface area contributed by atoms with Crippen molar-refractivity contribution < 1.29 is 9.53 Å². The van der Waals surface area contributed by atoms with Crippen LogP contribution in [-0.2, 0) is 4.79 Å². The van der Waals surface area contributed by atoms with Crippen LogP contribution in [-0.4, -0.2) is 67.0 Å². The van der Waals surface area contributed by atoms with Crippen LogP contribution in [0, 0.1) is 0 Å². The van der Waals surface area contributed by atoms with E-state index in [9.17, 15) is 4.79 Å². The van der Waals surface area contributed by atoms with Gasteiger partial charge in [-0.1, -0.05) is 30.0 Å². The normalized spacial score (nSPS) is 15.4. The first-order valence-corrected chi connectivity index (χ1v) is 10.3. The SMILES string of the molecule is COc1ccc(NC(=O)CSC(=Nc2ccccc2)N2CCN(C)CC2)cc1. The first-order chi connectivity index (χ1) is 13.6. The minimum absolute atomic E-state index is 0.0509. The van der Waals surface area contributed by atoms with Crippen LogP contribution in [0.15, 0.2) is 59.6 Å². The van der Waals surface area contributed by atoms with Gasteiger partial charge in [0.1, 0.15) is 5.75 Å². The van der Waals surface area contributed by atoms with E-state index in [0.717, 1.165) is 48.5 Å². The van der Waals surface area contributed by atoms with Crippen LogP contribution in [0.4, 0.5) is 11.4 Å². The summed E-state index contributed by atoms with van der Waals surface area (Å²) in [6, 6.07) is 17.2. The first-order valence-electron chi connectivity index (χ1n) is 9.28. The van der Waals surface area contributed by atoms with Gasteiger partial charge in [-0.15, -0.1) is 0 Å². The number of methoxy groups -OCH3 is 1. The number of carbonyl (C=O) groups is 1. The summed E-state index contributed by atoms with van der Waals surface area (Å²) in [6.07, 6.45) is 0. The molecule has 0 aliphatic carbocycles. The van der Waals surface area contributed by atoms with Crippen LogP contribution in [0.25, 0.3) is 0 Å². The summed E-state index contributed by atoms with van der Waals surface area (Å²) in [4.78, 5) is 21.8. The van der Waals surface area contributed by atoms with E-state index in [-0.39, 0.29) is 5.91 Å². The molecule has 6 nitrogen and oxygen atoms in total. The highest BCUT2D eigenvalue weighted by atomic mass is 32.2. The van der Waals surface area contributed by atoms with E-state index >= 15 is 0 Å². The second kappa shape index (κ2) is 10.1. The Kier molecular flexibility index (Phi) is 7.33. The topological polar surface area (TPSA) is 57.2 Å². The molecule has 0 atom stereocenters. The van der Waals surface area contributed by atoms with Gasteiger partial charge in [0.15, 0.2) is 5.17 Å². The Morgan fingerprint density at radius 1 is 1.07 bits per heavy atom. The lowest BCUT2D eigenvalue weighted by Crippen LogP contribution is -2.46. The van der Waals surface area contributed by atoms with Crippen molar-refractivity contribution in [3.8, 4) is 5.75 Å². The summed E-state index contributed by atoms with van der Waals surface area (Å²) < 4.78 is 5.14. The van der Waals surface area contributed by atoms with E-state index in [4.69, 9.17) is 9.73 Å². The van der Waals surface area contributed by atoms with Gasteiger partial charge in [-0.05, 0) is 43.4 Å². The minimum Gasteiger partial charge on any atom is -0.497 e. The number of aliphatic imine (C=N–C) groups is 1. The second-order valence-corrected chi connectivity index (χ2v) is 7.53. The van der Waals surface area contributed by atoms with Gasteiger partial charge in [0.2, 0.25) is 5.91 Å². The molecule has 1 N–H and O–H groups in total. The Balaban J connectivity index is 1.63. The maximum atomic E-state index is 12.4. The van der Waals surface area contributed by atoms with E-state index in [1.165, 1.54) is 11.8 Å². The third-order valence-electron chi connectivity index (χ3n) is 4.46. The van der Waals surface area contributed by atoms with Crippen molar-refractivity contribution in [2.24, 2.45) is 4.99 Å². The lowest BCUT2D eigenvalue weighted by Gasteiger charge is -2.34. The van der Waals surface area contributed by atoms with Crippen molar-refractivity contribution in [2.75, 3.05) is 51.4 Å². The zero-order chi connectivity index (χ0) is 19.8. The average molecular weight is 399 g/mol. The van der Waals surface area contributed by atoms with Gasteiger partial charge >= 0.3 is 0 Å². The Bertz CT molecular complexity index is 788. The van der Waals surface area contributed by atoms with E-state index < -0.39 is 0 Å². The number of amides is 1. The third kappa shape index (κ3) is 6.00. The van der Waals surface area contributed by atoms with E-state index in [0.29, 0.717) is 5.75 Å². The number of benzene rings is 2. The molecule has 0 radical (unpaired) electrons. The van der Waals surface area contributed by atoms with Gasteiger partial charge < -0.3 is 19.9 Å². The molecule has 1 amide bonds. The molecule has 1 saturated heterocycles. The summed E-state index contributed by atoms with van der Waals surface area (Å²) in [5.74, 6) is 1.02. The lowest BCUT2D eigenvalue weighted by molar-refractivity contribution is -0.113. The molecule has 2 aromatic carbocycles. The Morgan fingerprint density at radius 3 is 2.39 bits per heavy atom. The number of nitrogens with one attached hydrogen (secondary N) is 1. The molecular formula is C21H26N4O2S. The molecule has 0 spiro atoms. The maximum absolute atomic E-state index is 12.4. The van der Waals surface area contributed by atoms with Crippen LogP contribution in [0.1, 0.15) is 0 Å². The van der Waals surface area contributed by atoms with Crippen LogP contribution in [0.5, 0.6) is 5.75 Å². The summed E-state index contributed by atoms with van der Waals surface area (Å²) >= 11 is 1.48. The predicted molar refractivity (Wildman–Crippen MR) is 117 cm³/mol. The molecule has 3 rings (SSSR count). The summed E-state index contributed by atoms with van der Waals surface area (Å²) in [6.45, 7) is 3.81. The van der Waals surface area contributed by atoms with Gasteiger partial charge in [-0.25, -0.2) is 4.99 Å². The van der Waals surface area contributed by atoms with E-state index in [1.54, 1.807) is 7.11 Å². The van der Waals surface area contributed by atoms with Crippen LogP contribution in [0.3, 0.4) is 0 Å². The zero-order valence-corrected chi connectivity index (χ0v) is 17.1. The molecule has 7 heteroatoms. The number of thioether (sulfide) groups is 1. The number of carbonyl (C=O) groups excluding carboxylic acids is 1. The van der Waals surface area contributed by atoms with Gasteiger partial charge in [0, 0.05) is 31.9 Å². The number of para-hydroxylation sites is 1. The molecular weight excluding hydrogens is 372 g/mol. The number of ether oxygens (including phenoxy) is 1. The number of piperazine rings is 1. The summed E-state index contributed by atoms with van der Waals surface area (Å²) in [5, 5.41) is 3.82. The molecule has 148 valence electrons. The fourth-order valence-electron chi connectivity index (χ4n) is 2.81. The number of hydrogen-bond acceptors (Lipinski definition) is 5. The molecule has 1 aliphatic rings. The van der Waals surface area contributed by atoms with Crippen molar-refractivity contribution in [2.45, 2.75) is 0 Å². The van der Waals surface area contributed by atoms with Gasteiger partial charge in [-0.3, -0.25) is 4.79 Å². The minimum atomic E-state index is -0.0509. The van der Waals surface area contributed by atoms with Crippen molar-refractivity contribution in [1.29, 1.82) is 0 Å². The van der Waals surface area contributed by atoms with Crippen molar-refractivity contribution in [3.63, 3.8) is 0 Å². The molecule has 0 aromatic heterocycles. The van der Waals surface area contributed by atoms with Gasteiger partial charge in [0.25, 0.3) is 0 Å². The standard InChI is InChI=1S/C21H26N4O2S/c1-24-12-14-25(15-13-24)21(23-17-6-4-3-5-7-17)28-16-20(26)22-18-8-10-19(27-2)11-9-18/h3-11H,12-16H2,1-2H3,(H,22,26). The fraction of sp³-hybridized carbons (Fsp3) is 0.333. The lowest BCUT2D eigenvalue weighted by atomic mass is 10.3. The highest BCUT2D eigenvalue weighted by molar-refractivity contribution is 8.14. The molecule has 1 aliphatic heterocycles. The largest absolute Gasteiger partial charge is 0.497 e. The number of anilines is 1. The summed E-state index contributed by atoms with van der Waals surface area (Å²) in [5.41, 5.74) is 1.66. The van der Waals surface area contributed by atoms with Gasteiger partial charge in [0.05, 0.1) is 18.6 Å². The van der Waals surface area contributed by atoms with E-state index in [2.05, 4.69) is 22.2 Å². The maximum Gasteiger partial charge on any atom is 0.234 e. The Labute approximate surface area is 170 Å². The van der Waals surface area contributed by atoms with Crippen molar-refractivity contribution in [1.82, 2.24) is 9.80 Å². The molecule has 2 aromatic rings. The Hall–Kier alpha value is -2.51. The first kappa shape index (κ1) is 20.2. The highest BCUT2D eigenvalue weighted by Crippen LogP contribution is 2.20. The molecule has 1 heterocycles. The number of hydrogen-bond donors (Lipinski definition) is 1.